The van der Waals surface area contributed by atoms with Gasteiger partial charge in [0.25, 0.3) is 0 Å². The molecule has 1 nitrogen and oxygen atoms in total. The van der Waals surface area contributed by atoms with Crippen LogP contribution in [0.5, 0.6) is 0 Å². The number of anilines is 3. The minimum atomic E-state index is -0.134. The van der Waals surface area contributed by atoms with Crippen LogP contribution < -0.4 is 4.90 Å². The zero-order valence-electron chi connectivity index (χ0n) is 29.5. The average molecular weight is 654 g/mol. The first-order valence-corrected chi connectivity index (χ1v) is 18.1. The van der Waals surface area contributed by atoms with Gasteiger partial charge in [0.2, 0.25) is 0 Å². The highest BCUT2D eigenvalue weighted by molar-refractivity contribution is 6.23. The van der Waals surface area contributed by atoms with Crippen LogP contribution in [0.15, 0.2) is 164 Å². The van der Waals surface area contributed by atoms with Crippen molar-refractivity contribution in [2.75, 3.05) is 4.90 Å². The fraction of sp³-hybridized carbons (Fsp3) is 0.120. The van der Waals surface area contributed by atoms with Crippen molar-refractivity contribution in [1.82, 2.24) is 0 Å². The van der Waals surface area contributed by atoms with E-state index in [4.69, 9.17) is 0 Å². The lowest BCUT2D eigenvalue weighted by Gasteiger charge is -2.42. The third-order valence-corrected chi connectivity index (χ3v) is 11.8. The molecule has 0 aromatic heterocycles. The van der Waals surface area contributed by atoms with Crippen molar-refractivity contribution in [2.24, 2.45) is 0 Å². The van der Waals surface area contributed by atoms with Gasteiger partial charge in [-0.05, 0) is 90.7 Å². The third-order valence-electron chi connectivity index (χ3n) is 11.8. The van der Waals surface area contributed by atoms with Crippen LogP contribution in [0.4, 0.5) is 17.1 Å². The lowest BCUT2D eigenvalue weighted by molar-refractivity contribution is 0.632. The molecule has 51 heavy (non-hydrogen) atoms. The summed E-state index contributed by atoms with van der Waals surface area (Å²) in [4.78, 5) is 2.55. The van der Waals surface area contributed by atoms with Crippen molar-refractivity contribution in [3.05, 3.63) is 186 Å². The Hall–Kier alpha value is -5.92. The Bertz CT molecular complexity index is 2650. The van der Waals surface area contributed by atoms with Crippen LogP contribution in [0, 0.1) is 0 Å². The maximum atomic E-state index is 2.55. The highest BCUT2D eigenvalue weighted by Gasteiger charge is 2.38. The summed E-state index contributed by atoms with van der Waals surface area (Å²) < 4.78 is 0. The van der Waals surface area contributed by atoms with Crippen molar-refractivity contribution in [2.45, 2.75) is 38.5 Å². The van der Waals surface area contributed by atoms with Gasteiger partial charge in [-0.15, -0.1) is 0 Å². The zero-order valence-corrected chi connectivity index (χ0v) is 29.5. The summed E-state index contributed by atoms with van der Waals surface area (Å²) in [5.74, 6) is 0. The first kappa shape index (κ1) is 29.9. The molecule has 244 valence electrons. The monoisotopic (exact) mass is 653 g/mol. The van der Waals surface area contributed by atoms with E-state index in [2.05, 4.69) is 196 Å². The van der Waals surface area contributed by atoms with E-state index in [-0.39, 0.29) is 10.8 Å². The molecule has 0 amide bonds. The van der Waals surface area contributed by atoms with Gasteiger partial charge in [0.1, 0.15) is 0 Å². The number of nitrogens with zero attached hydrogens (tertiary/aromatic N) is 1. The lowest BCUT2D eigenvalue weighted by Crippen LogP contribution is -2.30. The summed E-state index contributed by atoms with van der Waals surface area (Å²) in [6.45, 7) is 9.48. The molecule has 0 unspecified atom stereocenters. The molecule has 0 saturated heterocycles. The molecule has 10 rings (SSSR count). The van der Waals surface area contributed by atoms with Crippen LogP contribution >= 0.6 is 0 Å². The molecule has 0 N–H and O–H groups in total. The predicted octanol–water partition coefficient (Wildman–Crippen LogP) is 13.7. The maximum absolute atomic E-state index is 2.55. The molecule has 0 spiro atoms. The van der Waals surface area contributed by atoms with E-state index in [1.54, 1.807) is 0 Å². The van der Waals surface area contributed by atoms with Gasteiger partial charge < -0.3 is 4.90 Å². The molecular weight excluding hydrogens is 615 g/mol. The van der Waals surface area contributed by atoms with Gasteiger partial charge >= 0.3 is 0 Å². The minimum Gasteiger partial charge on any atom is -0.309 e. The minimum absolute atomic E-state index is 0.0866. The summed E-state index contributed by atoms with van der Waals surface area (Å²) in [7, 11) is 0. The van der Waals surface area contributed by atoms with Gasteiger partial charge in [-0.1, -0.05) is 167 Å². The molecule has 1 aliphatic carbocycles. The molecule has 0 bridgehead atoms. The van der Waals surface area contributed by atoms with Gasteiger partial charge in [0.05, 0.1) is 17.1 Å². The van der Waals surface area contributed by atoms with Crippen molar-refractivity contribution < 1.29 is 0 Å². The van der Waals surface area contributed by atoms with E-state index < -0.39 is 0 Å². The molecule has 0 radical (unpaired) electrons. The molecule has 0 saturated carbocycles. The summed E-state index contributed by atoms with van der Waals surface area (Å²) in [6.07, 6.45) is 0. The highest BCUT2D eigenvalue weighted by Crippen LogP contribution is 2.56. The molecule has 1 heteroatoms. The molecule has 1 aliphatic heterocycles. The number of fused-ring (bicyclic) bond motifs is 7. The third kappa shape index (κ3) is 4.22. The largest absolute Gasteiger partial charge is 0.309 e. The van der Waals surface area contributed by atoms with Crippen molar-refractivity contribution >= 4 is 38.6 Å². The van der Waals surface area contributed by atoms with Gasteiger partial charge in [-0.2, -0.15) is 0 Å². The molecule has 1 heterocycles. The van der Waals surface area contributed by atoms with E-state index in [0.717, 1.165) is 0 Å². The topological polar surface area (TPSA) is 3.24 Å². The maximum Gasteiger partial charge on any atom is 0.0619 e. The van der Waals surface area contributed by atoms with Crippen LogP contribution in [0.2, 0.25) is 0 Å². The molecule has 0 fully saturated rings. The Morgan fingerprint density at radius 3 is 1.61 bits per heavy atom. The SMILES string of the molecule is CC1(C)c2ccccc2-c2ccc(-c3c4ccccc4c(N4c5ccccc5C(C)(C)c5ccccc54)c4ccc(-c5ccccc5)cc34)cc21. The van der Waals surface area contributed by atoms with Crippen molar-refractivity contribution in [3.8, 4) is 33.4 Å². The average Bonchev–Trinajstić information content (AvgIpc) is 3.40. The fourth-order valence-corrected chi connectivity index (χ4v) is 9.29. The Kier molecular flexibility index (Phi) is 6.34. The van der Waals surface area contributed by atoms with Gasteiger partial charge in [-0.3, -0.25) is 0 Å². The number of hydrogen-bond donors (Lipinski definition) is 0. The molecule has 8 aromatic carbocycles. The van der Waals surface area contributed by atoms with Crippen LogP contribution in [-0.2, 0) is 10.8 Å². The fourth-order valence-electron chi connectivity index (χ4n) is 9.29. The molecule has 0 atom stereocenters. The zero-order chi connectivity index (χ0) is 34.5. The van der Waals surface area contributed by atoms with E-state index >= 15 is 0 Å². The quantitative estimate of drug-likeness (QED) is 0.172. The van der Waals surface area contributed by atoms with Gasteiger partial charge in [0.15, 0.2) is 0 Å². The smallest absolute Gasteiger partial charge is 0.0619 e. The van der Waals surface area contributed by atoms with Gasteiger partial charge in [-0.25, -0.2) is 0 Å². The second-order valence-electron chi connectivity index (χ2n) is 15.3. The summed E-state index contributed by atoms with van der Waals surface area (Å²) in [5.41, 5.74) is 16.7. The number of rotatable bonds is 3. The number of benzene rings is 8. The Balaban J connectivity index is 1.33. The summed E-state index contributed by atoms with van der Waals surface area (Å²) in [5, 5.41) is 5.02. The predicted molar refractivity (Wildman–Crippen MR) is 217 cm³/mol. The first-order chi connectivity index (χ1) is 24.8. The normalized spacial score (nSPS) is 14.9. The molecule has 8 aromatic rings. The van der Waals surface area contributed by atoms with Crippen LogP contribution in [0.3, 0.4) is 0 Å². The summed E-state index contributed by atoms with van der Waals surface area (Å²) >= 11 is 0. The lowest BCUT2D eigenvalue weighted by atomic mass is 9.73. The standard InChI is InChI=1S/C50H39N/c1-49(2)41-21-11-10-18-35(41)36-28-27-34(31-44(36)49)47-37-19-8-9-20-38(37)48(39-29-26-33(30-40(39)47)32-16-6-5-7-17-32)51-45-24-14-12-22-42(45)50(3,4)43-23-13-15-25-46(43)51/h5-31H,1-4H3. The van der Waals surface area contributed by atoms with Crippen molar-refractivity contribution in [3.63, 3.8) is 0 Å². The second kappa shape index (κ2) is 10.8. The van der Waals surface area contributed by atoms with Crippen LogP contribution in [0.25, 0.3) is 54.9 Å². The number of para-hydroxylation sites is 2. The van der Waals surface area contributed by atoms with Crippen LogP contribution in [0.1, 0.15) is 49.9 Å². The molecular formula is C50H39N. The number of hydrogen-bond acceptors (Lipinski definition) is 1. The van der Waals surface area contributed by atoms with E-state index in [9.17, 15) is 0 Å². The Morgan fingerprint density at radius 2 is 0.882 bits per heavy atom. The Morgan fingerprint density at radius 1 is 0.353 bits per heavy atom. The summed E-state index contributed by atoms with van der Waals surface area (Å²) in [6, 6.07) is 61.1. The second-order valence-corrected chi connectivity index (χ2v) is 15.3. The molecule has 2 aliphatic rings. The van der Waals surface area contributed by atoms with Crippen LogP contribution in [-0.4, -0.2) is 0 Å². The first-order valence-electron chi connectivity index (χ1n) is 18.1. The van der Waals surface area contributed by atoms with E-state index in [0.29, 0.717) is 0 Å². The van der Waals surface area contributed by atoms with E-state index in [1.807, 2.05) is 0 Å². The Labute approximate surface area is 300 Å². The van der Waals surface area contributed by atoms with Gasteiger partial charge in [0, 0.05) is 21.6 Å². The van der Waals surface area contributed by atoms with E-state index in [1.165, 1.54) is 94.2 Å². The highest BCUT2D eigenvalue weighted by atomic mass is 15.2. The van der Waals surface area contributed by atoms with Crippen molar-refractivity contribution in [1.29, 1.82) is 0 Å².